The van der Waals surface area contributed by atoms with Gasteiger partial charge in [-0.25, -0.2) is 0 Å². The molecule has 0 aliphatic rings. The summed E-state index contributed by atoms with van der Waals surface area (Å²) in [6, 6.07) is 11.5. The molecule has 3 N–H and O–H groups in total. The van der Waals surface area contributed by atoms with Crippen molar-refractivity contribution >= 4 is 11.6 Å². The molecule has 0 aliphatic carbocycles. The minimum Gasteiger partial charge on any atom is -0.399 e. The fourth-order valence-corrected chi connectivity index (χ4v) is 2.26. The maximum Gasteiger partial charge on any atom is 0.221 e. The largest absolute Gasteiger partial charge is 0.399 e. The number of pyridine rings is 1. The third kappa shape index (κ3) is 4.31. The number of nitrogens with one attached hydrogen (secondary N) is 1. The summed E-state index contributed by atoms with van der Waals surface area (Å²) in [5.74, 6) is 0.207. The summed E-state index contributed by atoms with van der Waals surface area (Å²) in [4.78, 5) is 16.1. The quantitative estimate of drug-likeness (QED) is 0.829. The average Bonchev–Trinajstić information content (AvgIpc) is 2.48. The number of rotatable bonds is 5. The molecule has 2 rings (SSSR count). The van der Waals surface area contributed by atoms with Gasteiger partial charge in [0.05, 0.1) is 6.04 Å². The molecular formula is C17H21N3O. The molecule has 1 amide bonds. The van der Waals surface area contributed by atoms with Gasteiger partial charge in [0.1, 0.15) is 0 Å². The van der Waals surface area contributed by atoms with E-state index in [1.54, 1.807) is 12.4 Å². The van der Waals surface area contributed by atoms with E-state index in [2.05, 4.69) is 10.3 Å². The van der Waals surface area contributed by atoms with E-state index >= 15 is 0 Å². The van der Waals surface area contributed by atoms with Crippen LogP contribution in [0, 0.1) is 0 Å². The Morgan fingerprint density at radius 1 is 1.10 bits per heavy atom. The zero-order valence-electron chi connectivity index (χ0n) is 12.4. The molecule has 1 aromatic heterocycles. The summed E-state index contributed by atoms with van der Waals surface area (Å²) >= 11 is 0. The maximum atomic E-state index is 12.1. The number of hydrogen-bond acceptors (Lipinski definition) is 3. The van der Waals surface area contributed by atoms with Gasteiger partial charge >= 0.3 is 0 Å². The van der Waals surface area contributed by atoms with Gasteiger partial charge in [0, 0.05) is 24.5 Å². The Morgan fingerprint density at radius 3 is 2.33 bits per heavy atom. The maximum absolute atomic E-state index is 12.1. The van der Waals surface area contributed by atoms with Crippen LogP contribution in [0.2, 0.25) is 0 Å². The third-order valence-corrected chi connectivity index (χ3v) is 3.58. The number of hydrogen-bond donors (Lipinski definition) is 2. The molecule has 0 spiro atoms. The molecule has 0 aliphatic heterocycles. The van der Waals surface area contributed by atoms with Crippen molar-refractivity contribution in [2.24, 2.45) is 0 Å². The van der Waals surface area contributed by atoms with Gasteiger partial charge in [0.15, 0.2) is 0 Å². The molecule has 1 heterocycles. The molecule has 110 valence electrons. The number of nitrogens with two attached hydrogens (primary N) is 1. The summed E-state index contributed by atoms with van der Waals surface area (Å²) in [6.45, 7) is 4.02. The van der Waals surface area contributed by atoms with Gasteiger partial charge in [-0.1, -0.05) is 19.1 Å². The molecule has 0 saturated heterocycles. The zero-order chi connectivity index (χ0) is 15.2. The van der Waals surface area contributed by atoms with E-state index < -0.39 is 0 Å². The first kappa shape index (κ1) is 15.0. The lowest BCUT2D eigenvalue weighted by Crippen LogP contribution is -2.27. The summed E-state index contributed by atoms with van der Waals surface area (Å²) in [7, 11) is 0. The van der Waals surface area contributed by atoms with Crippen LogP contribution in [0.25, 0.3) is 0 Å². The Kier molecular flexibility index (Phi) is 4.93. The number of nitrogen functional groups attached to an aromatic ring is 1. The number of benzene rings is 1. The number of aromatic nitrogens is 1. The Balaban J connectivity index is 1.91. The van der Waals surface area contributed by atoms with Crippen molar-refractivity contribution in [3.05, 3.63) is 59.9 Å². The van der Waals surface area contributed by atoms with Crippen LogP contribution in [0.3, 0.4) is 0 Å². The summed E-state index contributed by atoms with van der Waals surface area (Å²) in [5, 5.41) is 3.02. The van der Waals surface area contributed by atoms with Crippen molar-refractivity contribution in [3.63, 3.8) is 0 Å². The van der Waals surface area contributed by atoms with Gasteiger partial charge in [0.25, 0.3) is 0 Å². The predicted molar refractivity (Wildman–Crippen MR) is 84.7 cm³/mol. The summed E-state index contributed by atoms with van der Waals surface area (Å²) < 4.78 is 0. The van der Waals surface area contributed by atoms with Crippen molar-refractivity contribution < 1.29 is 4.79 Å². The van der Waals surface area contributed by atoms with Crippen LogP contribution in [0.5, 0.6) is 0 Å². The van der Waals surface area contributed by atoms with Crippen molar-refractivity contribution in [2.75, 3.05) is 5.73 Å². The standard InChI is InChI=1S/C17H21N3O/c1-12(14-3-5-16(18)6-4-14)11-17(21)20-13(2)15-7-9-19-10-8-15/h3-10,12-13H,11,18H2,1-2H3,(H,20,21)/t12?,13-/m1/s1. The van der Waals surface area contributed by atoms with Gasteiger partial charge in [-0.3, -0.25) is 9.78 Å². The first-order valence-electron chi connectivity index (χ1n) is 7.11. The van der Waals surface area contributed by atoms with Gasteiger partial charge in [-0.15, -0.1) is 0 Å². The molecule has 4 heteroatoms. The van der Waals surface area contributed by atoms with E-state index in [0.29, 0.717) is 6.42 Å². The first-order chi connectivity index (χ1) is 10.1. The number of nitrogens with zero attached hydrogens (tertiary/aromatic N) is 1. The van der Waals surface area contributed by atoms with Gasteiger partial charge in [-0.05, 0) is 48.2 Å². The van der Waals surface area contributed by atoms with Gasteiger partial charge in [-0.2, -0.15) is 0 Å². The number of carbonyl (C=O) groups excluding carboxylic acids is 1. The highest BCUT2D eigenvalue weighted by Gasteiger charge is 2.14. The van der Waals surface area contributed by atoms with Crippen molar-refractivity contribution in [3.8, 4) is 0 Å². The van der Waals surface area contributed by atoms with Crippen LogP contribution in [0.1, 0.15) is 43.4 Å². The van der Waals surface area contributed by atoms with Crippen molar-refractivity contribution in [1.29, 1.82) is 0 Å². The highest BCUT2D eigenvalue weighted by molar-refractivity contribution is 5.77. The number of anilines is 1. The normalized spacial score (nSPS) is 13.4. The molecular weight excluding hydrogens is 262 g/mol. The lowest BCUT2D eigenvalue weighted by atomic mass is 9.97. The molecule has 1 aromatic carbocycles. The van der Waals surface area contributed by atoms with Gasteiger partial charge in [0.2, 0.25) is 5.91 Å². The minimum absolute atomic E-state index is 0.0147. The second kappa shape index (κ2) is 6.88. The molecule has 4 nitrogen and oxygen atoms in total. The molecule has 21 heavy (non-hydrogen) atoms. The van der Waals surface area contributed by atoms with Crippen LogP contribution in [-0.2, 0) is 4.79 Å². The van der Waals surface area contributed by atoms with E-state index in [0.717, 1.165) is 16.8 Å². The van der Waals surface area contributed by atoms with Crippen LogP contribution < -0.4 is 11.1 Å². The monoisotopic (exact) mass is 283 g/mol. The van der Waals surface area contributed by atoms with E-state index in [4.69, 9.17) is 5.73 Å². The third-order valence-electron chi connectivity index (χ3n) is 3.58. The molecule has 1 unspecified atom stereocenters. The number of carbonyl (C=O) groups is 1. The Labute approximate surface area is 125 Å². The van der Waals surface area contributed by atoms with E-state index in [-0.39, 0.29) is 17.9 Å². The van der Waals surface area contributed by atoms with Gasteiger partial charge < -0.3 is 11.1 Å². The van der Waals surface area contributed by atoms with Crippen LogP contribution >= 0.6 is 0 Å². The molecule has 2 aromatic rings. The Bertz CT molecular complexity index is 581. The van der Waals surface area contributed by atoms with Crippen molar-refractivity contribution in [1.82, 2.24) is 10.3 Å². The highest BCUT2D eigenvalue weighted by Crippen LogP contribution is 2.20. The highest BCUT2D eigenvalue weighted by atomic mass is 16.1. The Morgan fingerprint density at radius 2 is 1.71 bits per heavy atom. The SMILES string of the molecule is CC(CC(=O)N[C@H](C)c1ccncc1)c1ccc(N)cc1. The molecule has 0 saturated carbocycles. The van der Waals surface area contributed by atoms with Crippen LogP contribution in [0.4, 0.5) is 5.69 Å². The van der Waals surface area contributed by atoms with Crippen LogP contribution in [0.15, 0.2) is 48.8 Å². The lowest BCUT2D eigenvalue weighted by Gasteiger charge is -2.17. The molecule has 0 bridgehead atoms. The Hall–Kier alpha value is -2.36. The van der Waals surface area contributed by atoms with Crippen LogP contribution in [-0.4, -0.2) is 10.9 Å². The second-order valence-electron chi connectivity index (χ2n) is 5.34. The zero-order valence-corrected chi connectivity index (χ0v) is 12.4. The predicted octanol–water partition coefficient (Wildman–Crippen LogP) is 3.03. The van der Waals surface area contributed by atoms with E-state index in [1.807, 2.05) is 50.2 Å². The smallest absolute Gasteiger partial charge is 0.221 e. The van der Waals surface area contributed by atoms with E-state index in [9.17, 15) is 4.79 Å². The number of amides is 1. The minimum atomic E-state index is -0.0147. The summed E-state index contributed by atoms with van der Waals surface area (Å²) in [6.07, 6.45) is 3.92. The molecule has 2 atom stereocenters. The fraction of sp³-hybridized carbons (Fsp3) is 0.294. The van der Waals surface area contributed by atoms with Crippen molar-refractivity contribution in [2.45, 2.75) is 32.2 Å². The lowest BCUT2D eigenvalue weighted by molar-refractivity contribution is -0.122. The molecule has 0 fully saturated rings. The second-order valence-corrected chi connectivity index (χ2v) is 5.34. The van der Waals surface area contributed by atoms with E-state index in [1.165, 1.54) is 0 Å². The topological polar surface area (TPSA) is 68.0 Å². The summed E-state index contributed by atoms with van der Waals surface area (Å²) in [5.41, 5.74) is 8.59. The fourth-order valence-electron chi connectivity index (χ4n) is 2.26. The molecule has 0 radical (unpaired) electrons. The average molecular weight is 283 g/mol. The first-order valence-corrected chi connectivity index (χ1v) is 7.11.